The summed E-state index contributed by atoms with van der Waals surface area (Å²) in [5.41, 5.74) is -0.136. The summed E-state index contributed by atoms with van der Waals surface area (Å²) in [5.74, 6) is 0. The Hall–Kier alpha value is -2.23. The van der Waals surface area contributed by atoms with Gasteiger partial charge in [-0.3, -0.25) is 4.79 Å². The van der Waals surface area contributed by atoms with E-state index < -0.39 is 5.67 Å². The summed E-state index contributed by atoms with van der Waals surface area (Å²) >= 11 is 0. The second-order valence-corrected chi connectivity index (χ2v) is 5.41. The number of fused-ring (bicyclic) bond motifs is 2. The third-order valence-electron chi connectivity index (χ3n) is 3.32. The van der Waals surface area contributed by atoms with Crippen LogP contribution in [0.5, 0.6) is 0 Å². The molecular formula is C16H14FNO2. The van der Waals surface area contributed by atoms with Gasteiger partial charge in [-0.15, -0.1) is 0 Å². The van der Waals surface area contributed by atoms with E-state index in [9.17, 15) is 9.18 Å². The summed E-state index contributed by atoms with van der Waals surface area (Å²) in [5, 5.41) is 0.891. The number of aryl methyl sites for hydroxylation is 1. The van der Waals surface area contributed by atoms with Gasteiger partial charge in [-0.2, -0.15) is 0 Å². The minimum absolute atomic E-state index is 0.138. The van der Waals surface area contributed by atoms with E-state index in [0.29, 0.717) is 27.6 Å². The number of benzene rings is 1. The maximum absolute atomic E-state index is 14.1. The average Bonchev–Trinajstić information content (AvgIpc) is 2.38. The van der Waals surface area contributed by atoms with Crippen molar-refractivity contribution < 1.29 is 8.81 Å². The zero-order valence-corrected chi connectivity index (χ0v) is 11.5. The Bertz CT molecular complexity index is 875. The molecule has 0 amide bonds. The number of pyridine rings is 1. The first-order valence-electron chi connectivity index (χ1n) is 6.40. The number of rotatable bonds is 1. The molecule has 102 valence electrons. The molecule has 0 aliphatic carbocycles. The number of nitrogens with zero attached hydrogens (tertiary/aromatic N) is 1. The summed E-state index contributed by atoms with van der Waals surface area (Å²) in [6.45, 7) is 4.62. The van der Waals surface area contributed by atoms with Crippen molar-refractivity contribution in [2.24, 2.45) is 0 Å². The van der Waals surface area contributed by atoms with E-state index >= 15 is 0 Å². The van der Waals surface area contributed by atoms with Gasteiger partial charge in [-0.1, -0.05) is 12.1 Å². The number of hydrogen-bond donors (Lipinski definition) is 0. The fourth-order valence-corrected chi connectivity index (χ4v) is 2.43. The smallest absolute Gasteiger partial charge is 0.230 e. The Morgan fingerprint density at radius 3 is 2.60 bits per heavy atom. The van der Waals surface area contributed by atoms with Crippen molar-refractivity contribution in [2.45, 2.75) is 26.4 Å². The van der Waals surface area contributed by atoms with E-state index in [1.807, 2.05) is 0 Å². The van der Waals surface area contributed by atoms with Gasteiger partial charge in [0.1, 0.15) is 11.3 Å². The van der Waals surface area contributed by atoms with E-state index in [1.54, 1.807) is 37.3 Å². The largest absolute Gasteiger partial charge is 0.437 e. The van der Waals surface area contributed by atoms with E-state index in [4.69, 9.17) is 4.42 Å². The number of halogens is 1. The number of aromatic nitrogens is 1. The third-order valence-corrected chi connectivity index (χ3v) is 3.32. The molecule has 0 radical (unpaired) electrons. The Kier molecular flexibility index (Phi) is 2.64. The summed E-state index contributed by atoms with van der Waals surface area (Å²) in [6.07, 6.45) is 0. The Morgan fingerprint density at radius 1 is 1.20 bits per heavy atom. The second-order valence-electron chi connectivity index (χ2n) is 5.41. The minimum atomic E-state index is -1.58. The van der Waals surface area contributed by atoms with Gasteiger partial charge < -0.3 is 4.42 Å². The highest BCUT2D eigenvalue weighted by atomic mass is 19.1. The first kappa shape index (κ1) is 12.8. The van der Waals surface area contributed by atoms with Gasteiger partial charge in [0.2, 0.25) is 11.1 Å². The molecule has 3 aromatic rings. The molecule has 0 aliphatic rings. The van der Waals surface area contributed by atoms with Gasteiger partial charge in [-0.05, 0) is 44.5 Å². The molecule has 3 rings (SSSR count). The summed E-state index contributed by atoms with van der Waals surface area (Å²) < 4.78 is 19.8. The van der Waals surface area contributed by atoms with Gasteiger partial charge in [0.05, 0.1) is 16.5 Å². The van der Waals surface area contributed by atoms with Crippen LogP contribution in [-0.2, 0) is 5.67 Å². The molecule has 0 unspecified atom stereocenters. The van der Waals surface area contributed by atoms with E-state index in [2.05, 4.69) is 4.98 Å². The minimum Gasteiger partial charge on any atom is -0.437 e. The highest BCUT2D eigenvalue weighted by Gasteiger charge is 2.24. The van der Waals surface area contributed by atoms with Crippen molar-refractivity contribution in [2.75, 3.05) is 0 Å². The Balaban J connectivity index is 2.47. The monoisotopic (exact) mass is 271 g/mol. The van der Waals surface area contributed by atoms with Crippen molar-refractivity contribution >= 4 is 22.1 Å². The standard InChI is InChI=1S/C16H14FNO2/c1-9-8-11-13(19)10-6-4-5-7-12(10)20-15(11)18-14(9)16(2,3)17/h4-8H,1-3H3. The lowest BCUT2D eigenvalue weighted by molar-refractivity contribution is 0.213. The molecular weight excluding hydrogens is 257 g/mol. The predicted molar refractivity (Wildman–Crippen MR) is 76.7 cm³/mol. The molecule has 3 nitrogen and oxygen atoms in total. The lowest BCUT2D eigenvalue weighted by atomic mass is 10.0. The quantitative estimate of drug-likeness (QED) is 0.631. The molecule has 4 heteroatoms. The van der Waals surface area contributed by atoms with E-state index in [0.717, 1.165) is 0 Å². The molecule has 20 heavy (non-hydrogen) atoms. The van der Waals surface area contributed by atoms with Crippen LogP contribution in [0.2, 0.25) is 0 Å². The third kappa shape index (κ3) is 1.88. The molecule has 0 spiro atoms. The second kappa shape index (κ2) is 4.13. The molecule has 2 heterocycles. The summed E-state index contributed by atoms with van der Waals surface area (Å²) in [7, 11) is 0. The number of para-hydroxylation sites is 1. The molecule has 0 atom stereocenters. The number of hydrogen-bond acceptors (Lipinski definition) is 3. The van der Waals surface area contributed by atoms with Gasteiger partial charge in [0, 0.05) is 0 Å². The van der Waals surface area contributed by atoms with Gasteiger partial charge >= 0.3 is 0 Å². The van der Waals surface area contributed by atoms with E-state index in [-0.39, 0.29) is 11.1 Å². The van der Waals surface area contributed by atoms with Crippen LogP contribution in [-0.4, -0.2) is 4.98 Å². The van der Waals surface area contributed by atoms with Crippen LogP contribution in [0.4, 0.5) is 4.39 Å². The maximum atomic E-state index is 14.1. The molecule has 1 aromatic carbocycles. The zero-order valence-electron chi connectivity index (χ0n) is 11.5. The first-order valence-corrected chi connectivity index (χ1v) is 6.40. The van der Waals surface area contributed by atoms with Gasteiger partial charge in [0.15, 0.2) is 0 Å². The molecule has 0 saturated heterocycles. The fraction of sp³-hybridized carbons (Fsp3) is 0.250. The topological polar surface area (TPSA) is 43.1 Å². The molecule has 0 saturated carbocycles. The highest BCUT2D eigenvalue weighted by molar-refractivity contribution is 5.88. The van der Waals surface area contributed by atoms with Crippen LogP contribution in [0, 0.1) is 6.92 Å². The van der Waals surface area contributed by atoms with Crippen molar-refractivity contribution in [1.29, 1.82) is 0 Å². The van der Waals surface area contributed by atoms with Crippen LogP contribution in [0.3, 0.4) is 0 Å². The lowest BCUT2D eigenvalue weighted by Crippen LogP contribution is -2.15. The Morgan fingerprint density at radius 2 is 1.90 bits per heavy atom. The molecule has 0 fully saturated rings. The predicted octanol–water partition coefficient (Wildman–Crippen LogP) is 3.85. The van der Waals surface area contributed by atoms with Crippen LogP contribution in [0.15, 0.2) is 39.5 Å². The normalized spacial score (nSPS) is 12.2. The lowest BCUT2D eigenvalue weighted by Gasteiger charge is -2.16. The average molecular weight is 271 g/mol. The summed E-state index contributed by atoms with van der Waals surface area (Å²) in [6, 6.07) is 8.63. The summed E-state index contributed by atoms with van der Waals surface area (Å²) in [4.78, 5) is 16.6. The first-order chi connectivity index (χ1) is 9.38. The van der Waals surface area contributed by atoms with Gasteiger partial charge in [0.25, 0.3) is 0 Å². The van der Waals surface area contributed by atoms with Crippen molar-refractivity contribution in [3.05, 3.63) is 51.8 Å². The fourth-order valence-electron chi connectivity index (χ4n) is 2.43. The van der Waals surface area contributed by atoms with Crippen molar-refractivity contribution in [3.63, 3.8) is 0 Å². The van der Waals surface area contributed by atoms with Crippen molar-refractivity contribution in [1.82, 2.24) is 4.98 Å². The number of alkyl halides is 1. The molecule has 2 aromatic heterocycles. The zero-order chi connectivity index (χ0) is 14.5. The van der Waals surface area contributed by atoms with Crippen molar-refractivity contribution in [3.8, 4) is 0 Å². The molecule has 0 N–H and O–H groups in total. The highest BCUT2D eigenvalue weighted by Crippen LogP contribution is 2.28. The van der Waals surface area contributed by atoms with Crippen LogP contribution in [0.1, 0.15) is 25.1 Å². The SMILES string of the molecule is Cc1cc2c(=O)c3ccccc3oc2nc1C(C)(C)F. The Labute approximate surface area is 115 Å². The molecule has 0 bridgehead atoms. The van der Waals surface area contributed by atoms with E-state index in [1.165, 1.54) is 13.8 Å². The van der Waals surface area contributed by atoms with Crippen LogP contribution < -0.4 is 5.43 Å². The molecule has 0 aliphatic heterocycles. The maximum Gasteiger partial charge on any atom is 0.230 e. The van der Waals surface area contributed by atoms with Crippen LogP contribution in [0.25, 0.3) is 22.1 Å². The van der Waals surface area contributed by atoms with Crippen LogP contribution >= 0.6 is 0 Å². The van der Waals surface area contributed by atoms with Gasteiger partial charge in [-0.25, -0.2) is 9.37 Å².